The van der Waals surface area contributed by atoms with Crippen LogP contribution in [0.25, 0.3) is 0 Å². The molecule has 6 nitrogen and oxygen atoms in total. The van der Waals surface area contributed by atoms with Gasteiger partial charge in [-0.3, -0.25) is 14.4 Å². The molecule has 182 valence electrons. The van der Waals surface area contributed by atoms with Gasteiger partial charge in [0.1, 0.15) is 17.3 Å². The molecule has 2 N–H and O–H groups in total. The van der Waals surface area contributed by atoms with Crippen molar-refractivity contribution in [3.63, 3.8) is 0 Å². The molecule has 0 aromatic rings. The highest BCUT2D eigenvalue weighted by atomic mass is 16.3. The fraction of sp³-hybridized carbons (Fsp3) is 0.704. The zero-order chi connectivity index (χ0) is 24.7. The summed E-state index contributed by atoms with van der Waals surface area (Å²) in [4.78, 5) is 53.2. The number of rotatable bonds is 4. The Morgan fingerprint density at radius 1 is 1.21 bits per heavy atom. The Labute approximate surface area is 197 Å². The van der Waals surface area contributed by atoms with E-state index in [-0.39, 0.29) is 54.6 Å². The lowest BCUT2D eigenvalue weighted by Gasteiger charge is -2.46. The first-order valence-corrected chi connectivity index (χ1v) is 12.3. The lowest BCUT2D eigenvalue weighted by molar-refractivity contribution is -0.150. The molecule has 0 saturated carbocycles. The van der Waals surface area contributed by atoms with E-state index < -0.39 is 29.1 Å². The van der Waals surface area contributed by atoms with Gasteiger partial charge in [0.05, 0.1) is 0 Å². The Morgan fingerprint density at radius 3 is 2.48 bits per heavy atom. The van der Waals surface area contributed by atoms with Gasteiger partial charge < -0.3 is 15.2 Å². The van der Waals surface area contributed by atoms with Crippen molar-refractivity contribution in [2.45, 2.75) is 85.8 Å². The molecule has 7 atom stereocenters. The molecule has 2 aliphatic carbocycles. The van der Waals surface area contributed by atoms with E-state index in [0.717, 1.165) is 17.6 Å². The number of aliphatic hydroxyl groups is 1. The Bertz CT molecular complexity index is 900. The smallest absolute Gasteiger partial charge is 0.235 e. The van der Waals surface area contributed by atoms with E-state index in [4.69, 9.17) is 0 Å². The minimum Gasteiger partial charge on any atom is -0.385 e. The van der Waals surface area contributed by atoms with Gasteiger partial charge in [-0.15, -0.1) is 0 Å². The molecule has 0 radical (unpaired) electrons. The van der Waals surface area contributed by atoms with Crippen LogP contribution in [0.5, 0.6) is 0 Å². The summed E-state index contributed by atoms with van der Waals surface area (Å²) in [5.41, 5.74) is 0.744. The summed E-state index contributed by atoms with van der Waals surface area (Å²) in [7, 11) is 0. The first-order valence-electron chi connectivity index (χ1n) is 12.3. The summed E-state index contributed by atoms with van der Waals surface area (Å²) in [6.45, 7) is 11.7. The van der Waals surface area contributed by atoms with Gasteiger partial charge in [0.2, 0.25) is 5.91 Å². The molecular weight excluding hydrogens is 418 g/mol. The van der Waals surface area contributed by atoms with Gasteiger partial charge in [-0.25, -0.2) is 0 Å². The average Bonchev–Trinajstić information content (AvgIpc) is 2.99. The number of hydrogen-bond acceptors (Lipinski definition) is 5. The number of allylic oxidation sites excluding steroid dienone is 4. The van der Waals surface area contributed by atoms with Crippen molar-refractivity contribution in [1.82, 2.24) is 5.32 Å². The van der Waals surface area contributed by atoms with Gasteiger partial charge in [-0.1, -0.05) is 44.1 Å². The molecule has 0 bridgehead atoms. The second kappa shape index (κ2) is 9.65. The first-order chi connectivity index (χ1) is 15.4. The molecular formula is C27H39NO5. The standard InChI is InChI=1S/C27H39NO5/c1-14(2)9-21-24-18(6)16(4)11-20-10-15(3)7-8-22(30)23(31)13-19(12-17(5)29)25(32)27(20,24)26(33)28-21/h10-11,14,18-22,24,30H,7-9,12-13H2,1-6H3,(H,28,33). The molecule has 1 saturated heterocycles. The van der Waals surface area contributed by atoms with Crippen LogP contribution in [0.1, 0.15) is 73.6 Å². The zero-order valence-corrected chi connectivity index (χ0v) is 20.8. The predicted octanol–water partition coefficient (Wildman–Crippen LogP) is 3.57. The largest absolute Gasteiger partial charge is 0.385 e. The van der Waals surface area contributed by atoms with Crippen LogP contribution >= 0.6 is 0 Å². The third-order valence-electron chi connectivity index (χ3n) is 8.01. The maximum absolute atomic E-state index is 14.4. The molecule has 3 aliphatic rings. The van der Waals surface area contributed by atoms with Crippen LogP contribution in [0.2, 0.25) is 0 Å². The van der Waals surface area contributed by atoms with Gasteiger partial charge >= 0.3 is 0 Å². The van der Waals surface area contributed by atoms with E-state index >= 15 is 0 Å². The monoisotopic (exact) mass is 457 g/mol. The Balaban J connectivity index is 2.25. The van der Waals surface area contributed by atoms with Crippen LogP contribution in [0.4, 0.5) is 0 Å². The van der Waals surface area contributed by atoms with Crippen molar-refractivity contribution in [2.75, 3.05) is 0 Å². The minimum absolute atomic E-state index is 0.00556. The molecule has 7 unspecified atom stereocenters. The van der Waals surface area contributed by atoms with Gasteiger partial charge in [0.15, 0.2) is 11.6 Å². The van der Waals surface area contributed by atoms with Crippen molar-refractivity contribution < 1.29 is 24.3 Å². The fourth-order valence-corrected chi connectivity index (χ4v) is 6.38. The van der Waals surface area contributed by atoms with Crippen LogP contribution in [0.3, 0.4) is 0 Å². The van der Waals surface area contributed by atoms with E-state index in [1.807, 2.05) is 19.1 Å². The Hall–Kier alpha value is -2.08. The highest BCUT2D eigenvalue weighted by Gasteiger charge is 2.66. The minimum atomic E-state index is -1.35. The molecule has 1 aliphatic heterocycles. The molecule has 0 aromatic heterocycles. The average molecular weight is 458 g/mol. The maximum atomic E-state index is 14.4. The third kappa shape index (κ3) is 4.64. The summed E-state index contributed by atoms with van der Waals surface area (Å²) in [6, 6.07) is -0.152. The summed E-state index contributed by atoms with van der Waals surface area (Å²) >= 11 is 0. The number of Topliss-reactive ketones (excluding diaryl/α,β-unsaturated/α-hetero) is 3. The van der Waals surface area contributed by atoms with E-state index in [0.29, 0.717) is 12.3 Å². The number of carbonyl (C=O) groups excluding carboxylic acids is 4. The van der Waals surface area contributed by atoms with Gasteiger partial charge in [-0.2, -0.15) is 0 Å². The highest BCUT2D eigenvalue weighted by Crippen LogP contribution is 2.56. The highest BCUT2D eigenvalue weighted by molar-refractivity contribution is 6.11. The normalized spacial score (nSPS) is 37.5. The molecule has 0 aromatic carbocycles. The van der Waals surface area contributed by atoms with Crippen molar-refractivity contribution >= 4 is 23.3 Å². The Kier molecular flexibility index (Phi) is 7.47. The molecule has 6 heteroatoms. The number of hydrogen-bond donors (Lipinski definition) is 2. The van der Waals surface area contributed by atoms with Crippen LogP contribution in [-0.4, -0.2) is 40.5 Å². The Morgan fingerprint density at radius 2 is 1.88 bits per heavy atom. The lowest BCUT2D eigenvalue weighted by Crippen LogP contribution is -2.54. The summed E-state index contributed by atoms with van der Waals surface area (Å²) in [6.07, 6.45) is 4.09. The molecule has 33 heavy (non-hydrogen) atoms. The maximum Gasteiger partial charge on any atom is 0.235 e. The third-order valence-corrected chi connectivity index (χ3v) is 8.01. The van der Waals surface area contributed by atoms with Crippen molar-refractivity contribution in [1.29, 1.82) is 0 Å². The first kappa shape index (κ1) is 25.5. The van der Waals surface area contributed by atoms with Gasteiger partial charge in [0.25, 0.3) is 0 Å². The van der Waals surface area contributed by atoms with Crippen LogP contribution < -0.4 is 5.32 Å². The van der Waals surface area contributed by atoms with Crippen molar-refractivity contribution in [3.05, 3.63) is 23.3 Å². The number of aliphatic hydroxyl groups excluding tert-OH is 1. The number of ketones is 3. The van der Waals surface area contributed by atoms with Crippen molar-refractivity contribution in [3.8, 4) is 0 Å². The van der Waals surface area contributed by atoms with E-state index in [1.165, 1.54) is 6.92 Å². The van der Waals surface area contributed by atoms with Crippen molar-refractivity contribution in [2.24, 2.45) is 35.0 Å². The van der Waals surface area contributed by atoms with E-state index in [1.54, 1.807) is 0 Å². The second-order valence-electron chi connectivity index (χ2n) is 11.0. The van der Waals surface area contributed by atoms with Gasteiger partial charge in [0, 0.05) is 36.6 Å². The van der Waals surface area contributed by atoms with Gasteiger partial charge in [-0.05, 0) is 51.9 Å². The number of carbonyl (C=O) groups is 4. The summed E-state index contributed by atoms with van der Waals surface area (Å²) in [5.74, 6) is -2.50. The predicted molar refractivity (Wildman–Crippen MR) is 126 cm³/mol. The molecule has 3 rings (SSSR count). The second-order valence-corrected chi connectivity index (χ2v) is 11.0. The van der Waals surface area contributed by atoms with Crippen LogP contribution in [-0.2, 0) is 19.2 Å². The van der Waals surface area contributed by atoms with Crippen LogP contribution in [0.15, 0.2) is 23.3 Å². The lowest BCUT2D eigenvalue weighted by atomic mass is 9.53. The molecule has 1 amide bonds. The van der Waals surface area contributed by atoms with Crippen LogP contribution in [0, 0.1) is 35.0 Å². The molecule has 1 fully saturated rings. The SMILES string of the molecule is CC(=O)CC1CC(=O)C(O)CCC(C)=CC2C=C(C)C(C)C3C(CC(C)C)NC(=O)C23C1=O. The number of nitrogens with one attached hydrogen (secondary N) is 1. The summed E-state index contributed by atoms with van der Waals surface area (Å²) in [5, 5.41) is 13.6. The van der Waals surface area contributed by atoms with E-state index in [2.05, 4.69) is 33.0 Å². The van der Waals surface area contributed by atoms with E-state index in [9.17, 15) is 24.3 Å². The molecule has 1 spiro atoms. The molecule has 1 heterocycles. The fourth-order valence-electron chi connectivity index (χ4n) is 6.38. The number of amides is 1. The quantitative estimate of drug-likeness (QED) is 0.496. The summed E-state index contributed by atoms with van der Waals surface area (Å²) < 4.78 is 0. The topological polar surface area (TPSA) is 101 Å². The zero-order valence-electron chi connectivity index (χ0n) is 20.8.